The lowest BCUT2D eigenvalue weighted by atomic mass is 10.2. The first-order valence-corrected chi connectivity index (χ1v) is 5.50. The number of thiazole rings is 1. The van der Waals surface area contributed by atoms with Crippen molar-refractivity contribution in [2.24, 2.45) is 0 Å². The number of rotatable bonds is 2. The molecule has 17 heavy (non-hydrogen) atoms. The van der Waals surface area contributed by atoms with E-state index in [1.54, 1.807) is 6.07 Å². The van der Waals surface area contributed by atoms with Gasteiger partial charge in [-0.3, -0.25) is 0 Å². The third kappa shape index (κ3) is 2.21. The van der Waals surface area contributed by atoms with Gasteiger partial charge in [0.1, 0.15) is 9.88 Å². The van der Waals surface area contributed by atoms with Crippen LogP contribution in [0.2, 0.25) is 0 Å². The maximum absolute atomic E-state index is 11.2. The molecule has 2 aromatic rings. The molecular formula is C11H9NO4S. The van der Waals surface area contributed by atoms with Gasteiger partial charge in [-0.15, -0.1) is 11.3 Å². The van der Waals surface area contributed by atoms with Crippen molar-refractivity contribution in [2.75, 3.05) is 7.11 Å². The molecule has 1 aromatic heterocycles. The molecule has 1 heterocycles. The highest BCUT2D eigenvalue weighted by molar-refractivity contribution is 7.16. The number of methoxy groups -OCH3 is 1. The SMILES string of the molecule is COC(=O)c1cnc(-c2ccc(O)c(O)c2)s1. The Morgan fingerprint density at radius 1 is 1.35 bits per heavy atom. The van der Waals surface area contributed by atoms with Crippen molar-refractivity contribution in [3.05, 3.63) is 29.3 Å². The van der Waals surface area contributed by atoms with Gasteiger partial charge in [0.25, 0.3) is 0 Å². The van der Waals surface area contributed by atoms with Crippen molar-refractivity contribution >= 4 is 17.3 Å². The summed E-state index contributed by atoms with van der Waals surface area (Å²) in [6, 6.07) is 4.36. The van der Waals surface area contributed by atoms with Gasteiger partial charge in [-0.05, 0) is 18.2 Å². The Bertz CT molecular complexity index is 564. The first kappa shape index (κ1) is 11.4. The van der Waals surface area contributed by atoms with Crippen LogP contribution in [0.1, 0.15) is 9.67 Å². The van der Waals surface area contributed by atoms with Crippen LogP contribution in [-0.4, -0.2) is 28.3 Å². The number of nitrogens with zero attached hydrogens (tertiary/aromatic N) is 1. The molecule has 0 spiro atoms. The molecule has 2 N–H and O–H groups in total. The monoisotopic (exact) mass is 251 g/mol. The molecule has 5 nitrogen and oxygen atoms in total. The predicted molar refractivity (Wildman–Crippen MR) is 62.2 cm³/mol. The first-order chi connectivity index (χ1) is 8.11. The highest BCUT2D eigenvalue weighted by Crippen LogP contribution is 2.32. The van der Waals surface area contributed by atoms with Crippen LogP contribution in [0.5, 0.6) is 11.5 Å². The van der Waals surface area contributed by atoms with Crippen molar-refractivity contribution in [2.45, 2.75) is 0 Å². The number of phenols is 2. The second kappa shape index (κ2) is 4.42. The van der Waals surface area contributed by atoms with Crippen molar-refractivity contribution in [1.82, 2.24) is 4.98 Å². The van der Waals surface area contributed by atoms with Crippen molar-refractivity contribution in [1.29, 1.82) is 0 Å². The molecule has 1 aromatic carbocycles. The maximum atomic E-state index is 11.2. The lowest BCUT2D eigenvalue weighted by Gasteiger charge is -1.99. The summed E-state index contributed by atoms with van der Waals surface area (Å²) in [6.45, 7) is 0. The van der Waals surface area contributed by atoms with Crippen LogP contribution in [0, 0.1) is 0 Å². The summed E-state index contributed by atoms with van der Waals surface area (Å²) < 4.78 is 4.57. The summed E-state index contributed by atoms with van der Waals surface area (Å²) in [6.07, 6.45) is 1.41. The van der Waals surface area contributed by atoms with Gasteiger partial charge in [-0.2, -0.15) is 0 Å². The number of ether oxygens (including phenoxy) is 1. The number of carbonyl (C=O) groups is 1. The Labute approximate surface area is 101 Å². The largest absolute Gasteiger partial charge is 0.504 e. The third-order valence-electron chi connectivity index (χ3n) is 2.11. The van der Waals surface area contributed by atoms with Gasteiger partial charge in [-0.1, -0.05) is 0 Å². The van der Waals surface area contributed by atoms with Crippen molar-refractivity contribution in [3.63, 3.8) is 0 Å². The van der Waals surface area contributed by atoms with E-state index in [9.17, 15) is 15.0 Å². The van der Waals surface area contributed by atoms with Gasteiger partial charge < -0.3 is 14.9 Å². The van der Waals surface area contributed by atoms with Gasteiger partial charge in [0.05, 0.1) is 13.3 Å². The standard InChI is InChI=1S/C11H9NO4S/c1-16-11(15)9-5-12-10(17-9)6-2-3-7(13)8(14)4-6/h2-5,13-14H,1H3. The van der Waals surface area contributed by atoms with E-state index < -0.39 is 5.97 Å². The van der Waals surface area contributed by atoms with Gasteiger partial charge in [-0.25, -0.2) is 9.78 Å². The van der Waals surface area contributed by atoms with E-state index in [2.05, 4.69) is 9.72 Å². The zero-order chi connectivity index (χ0) is 12.4. The number of esters is 1. The fraction of sp³-hybridized carbons (Fsp3) is 0.0909. The van der Waals surface area contributed by atoms with Crippen LogP contribution in [0.3, 0.4) is 0 Å². The molecule has 88 valence electrons. The smallest absolute Gasteiger partial charge is 0.349 e. The van der Waals surface area contributed by atoms with E-state index in [0.717, 1.165) is 11.3 Å². The van der Waals surface area contributed by atoms with E-state index in [4.69, 9.17) is 0 Å². The summed E-state index contributed by atoms with van der Waals surface area (Å²) in [4.78, 5) is 15.7. The second-order valence-corrected chi connectivity index (χ2v) is 4.26. The number of hydrogen-bond donors (Lipinski definition) is 2. The van der Waals surface area contributed by atoms with E-state index in [1.165, 1.54) is 25.4 Å². The molecule has 0 aliphatic heterocycles. The molecule has 0 unspecified atom stereocenters. The molecule has 0 fully saturated rings. The van der Waals surface area contributed by atoms with Crippen LogP contribution in [0.4, 0.5) is 0 Å². The average Bonchev–Trinajstić information content (AvgIpc) is 2.81. The molecule has 0 aliphatic rings. The van der Waals surface area contributed by atoms with Gasteiger partial charge in [0.2, 0.25) is 0 Å². The summed E-state index contributed by atoms with van der Waals surface area (Å²) in [5.41, 5.74) is 0.625. The van der Waals surface area contributed by atoms with Crippen molar-refractivity contribution < 1.29 is 19.7 Å². The molecule has 0 aliphatic carbocycles. The molecule has 0 atom stereocenters. The van der Waals surface area contributed by atoms with E-state index in [1.807, 2.05) is 0 Å². The number of benzene rings is 1. The molecule has 2 rings (SSSR count). The highest BCUT2D eigenvalue weighted by Gasteiger charge is 2.12. The zero-order valence-electron chi connectivity index (χ0n) is 8.88. The molecule has 0 radical (unpaired) electrons. The summed E-state index contributed by atoms with van der Waals surface area (Å²) in [7, 11) is 1.30. The lowest BCUT2D eigenvalue weighted by Crippen LogP contribution is -1.96. The summed E-state index contributed by atoms with van der Waals surface area (Å²) >= 11 is 1.15. The van der Waals surface area contributed by atoms with E-state index in [0.29, 0.717) is 15.4 Å². The summed E-state index contributed by atoms with van der Waals surface area (Å²) in [5, 5.41) is 19.1. The quantitative estimate of drug-likeness (QED) is 0.630. The predicted octanol–water partition coefficient (Wildman–Crippen LogP) is 2.01. The summed E-state index contributed by atoms with van der Waals surface area (Å²) in [5.74, 6) is -0.868. The highest BCUT2D eigenvalue weighted by atomic mass is 32.1. The Morgan fingerprint density at radius 3 is 2.76 bits per heavy atom. The van der Waals surface area contributed by atoms with Crippen LogP contribution in [0.15, 0.2) is 24.4 Å². The van der Waals surface area contributed by atoms with Gasteiger partial charge in [0, 0.05) is 5.56 Å². The molecular weight excluding hydrogens is 242 g/mol. The normalized spacial score (nSPS) is 10.2. The fourth-order valence-electron chi connectivity index (χ4n) is 1.26. The van der Waals surface area contributed by atoms with Crippen LogP contribution in [0.25, 0.3) is 10.6 Å². The van der Waals surface area contributed by atoms with Gasteiger partial charge >= 0.3 is 5.97 Å². The van der Waals surface area contributed by atoms with Crippen molar-refractivity contribution in [3.8, 4) is 22.1 Å². The van der Waals surface area contributed by atoms with Crippen LogP contribution < -0.4 is 0 Å². The number of aromatic nitrogens is 1. The minimum Gasteiger partial charge on any atom is -0.504 e. The average molecular weight is 251 g/mol. The van der Waals surface area contributed by atoms with Gasteiger partial charge in [0.15, 0.2) is 11.5 Å². The number of carbonyl (C=O) groups excluding carboxylic acids is 1. The fourth-order valence-corrected chi connectivity index (χ4v) is 2.09. The Morgan fingerprint density at radius 2 is 2.12 bits per heavy atom. The minimum atomic E-state index is -0.447. The minimum absolute atomic E-state index is 0.196. The number of phenolic OH excluding ortho intramolecular Hbond substituents is 2. The lowest BCUT2D eigenvalue weighted by molar-refractivity contribution is 0.0606. The molecule has 0 saturated carbocycles. The van der Waals surface area contributed by atoms with Crippen LogP contribution in [-0.2, 0) is 4.74 Å². The maximum Gasteiger partial charge on any atom is 0.349 e. The zero-order valence-corrected chi connectivity index (χ0v) is 9.69. The topological polar surface area (TPSA) is 79.7 Å². The molecule has 0 saturated heterocycles. The number of hydrogen-bond acceptors (Lipinski definition) is 6. The van der Waals surface area contributed by atoms with E-state index >= 15 is 0 Å². The third-order valence-corrected chi connectivity index (χ3v) is 3.14. The molecule has 0 bridgehead atoms. The Kier molecular flexibility index (Phi) is 2.97. The Balaban J connectivity index is 2.37. The van der Waals surface area contributed by atoms with E-state index in [-0.39, 0.29) is 11.5 Å². The molecule has 0 amide bonds. The number of aromatic hydroxyl groups is 2. The first-order valence-electron chi connectivity index (χ1n) is 4.68. The second-order valence-electron chi connectivity index (χ2n) is 3.22. The Hall–Kier alpha value is -2.08. The van der Waals surface area contributed by atoms with Crippen LogP contribution >= 0.6 is 11.3 Å². The molecule has 6 heteroatoms.